The van der Waals surface area contributed by atoms with Gasteiger partial charge in [-0.15, -0.1) is 0 Å². The molecule has 0 aliphatic rings. The van der Waals surface area contributed by atoms with Gasteiger partial charge in [-0.3, -0.25) is 4.90 Å². The molecule has 0 amide bonds. The van der Waals surface area contributed by atoms with Crippen LogP contribution in [0.3, 0.4) is 0 Å². The highest BCUT2D eigenvalue weighted by atomic mass is 35.5. The van der Waals surface area contributed by atoms with Crippen molar-refractivity contribution in [3.63, 3.8) is 0 Å². The maximum atomic E-state index is 6.36. The fourth-order valence-corrected chi connectivity index (χ4v) is 2.52. The molecule has 0 aromatic heterocycles. The van der Waals surface area contributed by atoms with Gasteiger partial charge >= 0.3 is 0 Å². The monoisotopic (exact) mass is 274 g/mol. The Morgan fingerprint density at radius 3 is 2.35 bits per heavy atom. The minimum Gasteiger partial charge on any atom is -0.313 e. The predicted octanol–water partition coefficient (Wildman–Crippen LogP) is 3.55. The second kappa shape index (κ2) is 6.05. The van der Waals surface area contributed by atoms with Crippen LogP contribution in [0.2, 0.25) is 10.0 Å². The standard InChI is InChI=1S/C13H20Cl2N2/c1-4-17(5-2)13(3,16)9-10-7-6-8-11(14)12(10)15/h6-8H,4-5,9,16H2,1-3H3. The van der Waals surface area contributed by atoms with Crippen LogP contribution < -0.4 is 5.73 Å². The van der Waals surface area contributed by atoms with Crippen molar-refractivity contribution in [2.24, 2.45) is 5.73 Å². The first-order valence-electron chi connectivity index (χ1n) is 5.89. The van der Waals surface area contributed by atoms with E-state index in [2.05, 4.69) is 18.7 Å². The van der Waals surface area contributed by atoms with Crippen molar-refractivity contribution in [3.8, 4) is 0 Å². The molecule has 1 atom stereocenters. The molecule has 4 heteroatoms. The first-order chi connectivity index (χ1) is 7.92. The summed E-state index contributed by atoms with van der Waals surface area (Å²) in [5.41, 5.74) is 6.95. The molecule has 2 N–H and O–H groups in total. The number of rotatable bonds is 5. The quantitative estimate of drug-likeness (QED) is 0.833. The molecule has 0 heterocycles. The summed E-state index contributed by atoms with van der Waals surface area (Å²) in [4.78, 5) is 2.21. The third kappa shape index (κ3) is 3.59. The largest absolute Gasteiger partial charge is 0.313 e. The number of nitrogens with zero attached hydrogens (tertiary/aromatic N) is 1. The zero-order chi connectivity index (χ0) is 13.1. The molecular formula is C13H20Cl2N2. The maximum absolute atomic E-state index is 6.36. The number of benzene rings is 1. The summed E-state index contributed by atoms with van der Waals surface area (Å²) >= 11 is 12.2. The molecule has 0 radical (unpaired) electrons. The molecule has 0 bridgehead atoms. The van der Waals surface area contributed by atoms with Gasteiger partial charge in [0.25, 0.3) is 0 Å². The predicted molar refractivity (Wildman–Crippen MR) is 75.7 cm³/mol. The van der Waals surface area contributed by atoms with E-state index in [-0.39, 0.29) is 0 Å². The number of nitrogens with two attached hydrogens (primary N) is 1. The molecule has 1 aromatic carbocycles. The van der Waals surface area contributed by atoms with Gasteiger partial charge in [0.15, 0.2) is 0 Å². The van der Waals surface area contributed by atoms with Gasteiger partial charge in [0.1, 0.15) is 0 Å². The van der Waals surface area contributed by atoms with E-state index >= 15 is 0 Å². The third-order valence-corrected chi connectivity index (χ3v) is 3.92. The second-order valence-corrected chi connectivity index (χ2v) is 5.20. The Morgan fingerprint density at radius 2 is 1.82 bits per heavy atom. The molecule has 0 saturated heterocycles. The van der Waals surface area contributed by atoms with Crippen molar-refractivity contribution >= 4 is 23.2 Å². The van der Waals surface area contributed by atoms with Gasteiger partial charge in [-0.25, -0.2) is 0 Å². The first kappa shape index (κ1) is 14.8. The molecule has 0 aliphatic heterocycles. The van der Waals surface area contributed by atoms with E-state index in [0.29, 0.717) is 16.5 Å². The van der Waals surface area contributed by atoms with Crippen LogP contribution in [0.5, 0.6) is 0 Å². The Labute approximate surface area is 114 Å². The Morgan fingerprint density at radius 1 is 1.24 bits per heavy atom. The topological polar surface area (TPSA) is 29.3 Å². The lowest BCUT2D eigenvalue weighted by Crippen LogP contribution is -2.55. The van der Waals surface area contributed by atoms with Crippen LogP contribution in [0.15, 0.2) is 18.2 Å². The van der Waals surface area contributed by atoms with Crippen LogP contribution in [-0.2, 0) is 6.42 Å². The van der Waals surface area contributed by atoms with E-state index in [9.17, 15) is 0 Å². The lowest BCUT2D eigenvalue weighted by Gasteiger charge is -2.37. The number of hydrogen-bond acceptors (Lipinski definition) is 2. The highest BCUT2D eigenvalue weighted by molar-refractivity contribution is 6.42. The van der Waals surface area contributed by atoms with Gasteiger partial charge in [0.2, 0.25) is 0 Å². The molecule has 1 unspecified atom stereocenters. The average molecular weight is 275 g/mol. The van der Waals surface area contributed by atoms with Crippen molar-refractivity contribution in [1.29, 1.82) is 0 Å². The normalized spacial score (nSPS) is 15.0. The number of hydrogen-bond donors (Lipinski definition) is 1. The van der Waals surface area contributed by atoms with Gasteiger partial charge in [-0.05, 0) is 31.6 Å². The van der Waals surface area contributed by atoms with E-state index < -0.39 is 5.66 Å². The Kier molecular flexibility index (Phi) is 5.26. The Balaban J connectivity index is 2.93. The molecule has 0 saturated carbocycles. The van der Waals surface area contributed by atoms with Gasteiger partial charge in [-0.2, -0.15) is 0 Å². The van der Waals surface area contributed by atoms with E-state index in [1.54, 1.807) is 6.07 Å². The SMILES string of the molecule is CCN(CC)C(C)(N)Cc1cccc(Cl)c1Cl. The average Bonchev–Trinajstić information content (AvgIpc) is 2.26. The summed E-state index contributed by atoms with van der Waals surface area (Å²) in [6.45, 7) is 8.07. The van der Waals surface area contributed by atoms with Crippen molar-refractivity contribution in [2.75, 3.05) is 13.1 Å². The summed E-state index contributed by atoms with van der Waals surface area (Å²) in [6.07, 6.45) is 0.689. The highest BCUT2D eigenvalue weighted by Crippen LogP contribution is 2.28. The maximum Gasteiger partial charge on any atom is 0.0699 e. The molecule has 2 nitrogen and oxygen atoms in total. The van der Waals surface area contributed by atoms with Crippen LogP contribution in [0, 0.1) is 0 Å². The van der Waals surface area contributed by atoms with Gasteiger partial charge < -0.3 is 5.73 Å². The van der Waals surface area contributed by atoms with E-state index in [4.69, 9.17) is 28.9 Å². The summed E-state index contributed by atoms with van der Waals surface area (Å²) in [5, 5.41) is 1.19. The molecule has 0 spiro atoms. The van der Waals surface area contributed by atoms with Crippen LogP contribution >= 0.6 is 23.2 Å². The van der Waals surface area contributed by atoms with Crippen LogP contribution in [0.25, 0.3) is 0 Å². The fraction of sp³-hybridized carbons (Fsp3) is 0.538. The summed E-state index contributed by atoms with van der Waals surface area (Å²) in [6, 6.07) is 5.67. The third-order valence-electron chi connectivity index (χ3n) is 3.07. The number of likely N-dealkylation sites (N-methyl/N-ethyl adjacent to an activating group) is 1. The molecule has 0 aliphatic carbocycles. The first-order valence-corrected chi connectivity index (χ1v) is 6.64. The van der Waals surface area contributed by atoms with Crippen molar-refractivity contribution in [1.82, 2.24) is 4.90 Å². The Hall–Kier alpha value is -0.280. The zero-order valence-corrected chi connectivity index (χ0v) is 12.1. The molecule has 17 heavy (non-hydrogen) atoms. The van der Waals surface area contributed by atoms with Crippen molar-refractivity contribution in [2.45, 2.75) is 32.9 Å². The number of halogens is 2. The molecular weight excluding hydrogens is 255 g/mol. The lowest BCUT2D eigenvalue weighted by molar-refractivity contribution is 0.123. The molecule has 1 aromatic rings. The van der Waals surface area contributed by atoms with E-state index in [0.717, 1.165) is 18.7 Å². The van der Waals surface area contributed by atoms with Crippen LogP contribution in [0.1, 0.15) is 26.3 Å². The highest BCUT2D eigenvalue weighted by Gasteiger charge is 2.26. The van der Waals surface area contributed by atoms with Gasteiger partial charge in [-0.1, -0.05) is 49.2 Å². The lowest BCUT2D eigenvalue weighted by atomic mass is 10.00. The Bertz CT molecular complexity index is 374. The summed E-state index contributed by atoms with van der Waals surface area (Å²) in [5.74, 6) is 0. The summed E-state index contributed by atoms with van der Waals surface area (Å²) < 4.78 is 0. The minimum atomic E-state index is -0.405. The fourth-order valence-electron chi connectivity index (χ4n) is 2.13. The van der Waals surface area contributed by atoms with Crippen LogP contribution in [-0.4, -0.2) is 23.7 Å². The molecule has 96 valence electrons. The second-order valence-electron chi connectivity index (χ2n) is 4.42. The smallest absolute Gasteiger partial charge is 0.0699 e. The zero-order valence-electron chi connectivity index (χ0n) is 10.6. The van der Waals surface area contributed by atoms with Gasteiger partial charge in [0.05, 0.1) is 15.7 Å². The van der Waals surface area contributed by atoms with Crippen molar-refractivity contribution in [3.05, 3.63) is 33.8 Å². The van der Waals surface area contributed by atoms with E-state index in [1.165, 1.54) is 0 Å². The van der Waals surface area contributed by atoms with Gasteiger partial charge in [0, 0.05) is 6.42 Å². The molecule has 1 rings (SSSR count). The summed E-state index contributed by atoms with van der Waals surface area (Å²) in [7, 11) is 0. The van der Waals surface area contributed by atoms with Crippen molar-refractivity contribution < 1.29 is 0 Å². The van der Waals surface area contributed by atoms with E-state index in [1.807, 2.05) is 19.1 Å². The minimum absolute atomic E-state index is 0.405. The molecule has 0 fully saturated rings. The van der Waals surface area contributed by atoms with Crippen LogP contribution in [0.4, 0.5) is 0 Å².